The predicted molar refractivity (Wildman–Crippen MR) is 120 cm³/mol. The molecule has 1 aliphatic rings. The second kappa shape index (κ2) is 11.3. The van der Waals surface area contributed by atoms with Crippen LogP contribution in [-0.2, 0) is 10.0 Å². The molecule has 1 unspecified atom stereocenters. The molecule has 0 spiro atoms. The third-order valence-corrected chi connectivity index (χ3v) is 6.91. The van der Waals surface area contributed by atoms with Crippen LogP contribution in [0.5, 0.6) is 0 Å². The van der Waals surface area contributed by atoms with Gasteiger partial charge in [0.05, 0.1) is 5.75 Å². The number of hydrogen-bond donors (Lipinski definition) is 2. The average molecular weight is 425 g/mol. The zero-order chi connectivity index (χ0) is 21.3. The maximum Gasteiger partial charge on any atom is 0.215 e. The van der Waals surface area contributed by atoms with Gasteiger partial charge in [-0.1, -0.05) is 19.9 Å². The fourth-order valence-corrected chi connectivity index (χ4v) is 4.59. The van der Waals surface area contributed by atoms with Crippen molar-refractivity contribution >= 4 is 21.8 Å². The monoisotopic (exact) mass is 424 g/mol. The highest BCUT2D eigenvalue weighted by Crippen LogP contribution is 2.14. The van der Waals surface area contributed by atoms with Gasteiger partial charge in [-0.15, -0.1) is 0 Å². The Hall–Kier alpha value is -1.87. The summed E-state index contributed by atoms with van der Waals surface area (Å²) in [7, 11) is -1.60. The van der Waals surface area contributed by atoms with Crippen LogP contribution in [0.25, 0.3) is 0 Å². The number of guanidine groups is 1. The summed E-state index contributed by atoms with van der Waals surface area (Å²) in [6, 6.07) is 6.07. The van der Waals surface area contributed by atoms with Crippen molar-refractivity contribution in [1.82, 2.24) is 19.9 Å². The molecule has 0 aromatic carbocycles. The fourth-order valence-electron chi connectivity index (χ4n) is 3.25. The minimum Gasteiger partial charge on any atom is -0.355 e. The van der Waals surface area contributed by atoms with E-state index in [0.717, 1.165) is 18.7 Å². The molecule has 1 aliphatic heterocycles. The van der Waals surface area contributed by atoms with Gasteiger partial charge in [-0.3, -0.25) is 4.99 Å². The molecule has 0 radical (unpaired) electrons. The summed E-state index contributed by atoms with van der Waals surface area (Å²) in [4.78, 5) is 10.7. The van der Waals surface area contributed by atoms with Crippen molar-refractivity contribution in [2.24, 2.45) is 10.9 Å². The van der Waals surface area contributed by atoms with Crippen LogP contribution >= 0.6 is 0 Å². The lowest BCUT2D eigenvalue weighted by molar-refractivity contribution is 0.383. The number of nitrogens with zero attached hydrogens (tertiary/aromatic N) is 4. The topological polar surface area (TPSA) is 89.9 Å². The van der Waals surface area contributed by atoms with Gasteiger partial charge in [0, 0.05) is 52.0 Å². The summed E-state index contributed by atoms with van der Waals surface area (Å²) in [5.41, 5.74) is 0. The van der Waals surface area contributed by atoms with Crippen LogP contribution in [0.3, 0.4) is 0 Å². The highest BCUT2D eigenvalue weighted by Gasteiger charge is 2.27. The van der Waals surface area contributed by atoms with Gasteiger partial charge in [0.15, 0.2) is 5.96 Å². The number of pyridine rings is 1. The molecule has 2 N–H and O–H groups in total. The second-order valence-corrected chi connectivity index (χ2v) is 9.99. The molecule has 1 aromatic heterocycles. The summed E-state index contributed by atoms with van der Waals surface area (Å²) in [5, 5.41) is 6.46. The zero-order valence-electron chi connectivity index (χ0n) is 18.1. The van der Waals surface area contributed by atoms with Gasteiger partial charge < -0.3 is 15.5 Å². The van der Waals surface area contributed by atoms with E-state index in [1.54, 1.807) is 17.5 Å². The maximum atomic E-state index is 12.7. The van der Waals surface area contributed by atoms with E-state index in [0.29, 0.717) is 50.6 Å². The summed E-state index contributed by atoms with van der Waals surface area (Å²) < 4.78 is 27.0. The Bertz CT molecular complexity index is 731. The number of hydrogen-bond acceptors (Lipinski definition) is 5. The molecule has 8 nitrogen and oxygen atoms in total. The van der Waals surface area contributed by atoms with Crippen LogP contribution in [0, 0.1) is 5.92 Å². The van der Waals surface area contributed by atoms with Crippen molar-refractivity contribution in [3.63, 3.8) is 0 Å². The third-order valence-electron chi connectivity index (χ3n) is 5.04. The molecular formula is C20H36N6O2S. The highest BCUT2D eigenvalue weighted by molar-refractivity contribution is 7.89. The normalized spacial score (nSPS) is 17.4. The van der Waals surface area contributed by atoms with Gasteiger partial charge >= 0.3 is 0 Å². The molecule has 29 heavy (non-hydrogen) atoms. The van der Waals surface area contributed by atoms with Gasteiger partial charge in [-0.05, 0) is 37.8 Å². The van der Waals surface area contributed by atoms with Crippen molar-refractivity contribution in [1.29, 1.82) is 0 Å². The molecular weight excluding hydrogens is 388 g/mol. The van der Waals surface area contributed by atoms with Gasteiger partial charge in [-0.25, -0.2) is 13.4 Å². The average Bonchev–Trinajstić information content (AvgIpc) is 2.72. The molecule has 1 fully saturated rings. The molecule has 164 valence electrons. The molecule has 2 rings (SSSR count). The van der Waals surface area contributed by atoms with Crippen LogP contribution < -0.4 is 15.5 Å². The Morgan fingerprint density at radius 1 is 1.17 bits per heavy atom. The molecule has 0 bridgehead atoms. The van der Waals surface area contributed by atoms with Crippen LogP contribution in [0.1, 0.15) is 33.6 Å². The van der Waals surface area contributed by atoms with Crippen molar-refractivity contribution < 1.29 is 8.42 Å². The number of sulfonamides is 1. The fraction of sp³-hybridized carbons (Fsp3) is 0.700. The quantitative estimate of drug-likeness (QED) is 0.461. The Labute approximate surface area is 175 Å². The van der Waals surface area contributed by atoms with Crippen molar-refractivity contribution in [2.45, 2.75) is 39.7 Å². The van der Waals surface area contributed by atoms with E-state index in [9.17, 15) is 8.42 Å². The lowest BCUT2D eigenvalue weighted by Gasteiger charge is -2.34. The van der Waals surface area contributed by atoms with Gasteiger partial charge in [0.1, 0.15) is 5.82 Å². The van der Waals surface area contributed by atoms with E-state index in [1.807, 2.05) is 18.2 Å². The van der Waals surface area contributed by atoms with E-state index in [1.165, 1.54) is 0 Å². The first-order valence-electron chi connectivity index (χ1n) is 10.4. The number of rotatable bonds is 9. The highest BCUT2D eigenvalue weighted by atomic mass is 32.2. The number of aromatic nitrogens is 1. The molecule has 1 aromatic rings. The Balaban J connectivity index is 1.75. The van der Waals surface area contributed by atoms with E-state index < -0.39 is 10.0 Å². The van der Waals surface area contributed by atoms with E-state index in [4.69, 9.17) is 0 Å². The Morgan fingerprint density at radius 3 is 2.48 bits per heavy atom. The van der Waals surface area contributed by atoms with Crippen molar-refractivity contribution in [2.75, 3.05) is 50.4 Å². The number of piperazine rings is 1. The predicted octanol–water partition coefficient (Wildman–Crippen LogP) is 1.52. The molecule has 0 amide bonds. The lowest BCUT2D eigenvalue weighted by Crippen LogP contribution is -2.51. The molecule has 0 aliphatic carbocycles. The minimum absolute atomic E-state index is 0.0532. The van der Waals surface area contributed by atoms with Gasteiger partial charge in [0.25, 0.3) is 0 Å². The standard InChI is InChI=1S/C20H36N6O2S/c1-17(2)8-9-18(3)24-20(21-4)23-11-16-29(27,28)26-14-12-25(13-15-26)19-7-5-6-10-22-19/h5-7,10,17-18H,8-9,11-16H2,1-4H3,(H2,21,23,24). The molecule has 0 saturated carbocycles. The number of anilines is 1. The smallest absolute Gasteiger partial charge is 0.215 e. The van der Waals surface area contributed by atoms with Gasteiger partial charge in [0.2, 0.25) is 10.0 Å². The van der Waals surface area contributed by atoms with E-state index in [2.05, 4.69) is 46.3 Å². The maximum absolute atomic E-state index is 12.7. The minimum atomic E-state index is -3.30. The third kappa shape index (κ3) is 7.81. The molecule has 2 heterocycles. The van der Waals surface area contributed by atoms with Crippen LogP contribution in [0.4, 0.5) is 5.82 Å². The van der Waals surface area contributed by atoms with Crippen molar-refractivity contribution in [3.05, 3.63) is 24.4 Å². The van der Waals surface area contributed by atoms with Crippen molar-refractivity contribution in [3.8, 4) is 0 Å². The molecule has 1 saturated heterocycles. The summed E-state index contributed by atoms with van der Waals surface area (Å²) in [5.74, 6) is 2.26. The number of aliphatic imine (C=N–C) groups is 1. The largest absolute Gasteiger partial charge is 0.355 e. The van der Waals surface area contributed by atoms with Crippen LogP contribution in [0.2, 0.25) is 0 Å². The zero-order valence-corrected chi connectivity index (χ0v) is 19.0. The summed E-state index contributed by atoms with van der Waals surface area (Å²) >= 11 is 0. The van der Waals surface area contributed by atoms with E-state index in [-0.39, 0.29) is 5.75 Å². The van der Waals surface area contributed by atoms with Gasteiger partial charge in [-0.2, -0.15) is 4.31 Å². The second-order valence-electron chi connectivity index (χ2n) is 7.91. The SMILES string of the molecule is CN=C(NCCS(=O)(=O)N1CCN(c2ccccn2)CC1)NC(C)CCC(C)C. The molecule has 9 heteroatoms. The van der Waals surface area contributed by atoms with Crippen LogP contribution in [0.15, 0.2) is 29.4 Å². The molecule has 1 atom stereocenters. The Morgan fingerprint density at radius 2 is 1.90 bits per heavy atom. The first kappa shape index (κ1) is 23.4. The Kier molecular flexibility index (Phi) is 9.16. The van der Waals surface area contributed by atoms with E-state index >= 15 is 0 Å². The lowest BCUT2D eigenvalue weighted by atomic mass is 10.0. The summed E-state index contributed by atoms with van der Waals surface area (Å²) in [6.07, 6.45) is 3.95. The number of nitrogens with one attached hydrogen (secondary N) is 2. The first-order valence-corrected chi connectivity index (χ1v) is 12.0. The van der Waals surface area contributed by atoms with Crippen LogP contribution in [-0.4, -0.2) is 75.2 Å². The summed E-state index contributed by atoms with van der Waals surface area (Å²) in [6.45, 7) is 9.14. The first-order chi connectivity index (χ1) is 13.8.